The summed E-state index contributed by atoms with van der Waals surface area (Å²) in [7, 11) is 1.72. The summed E-state index contributed by atoms with van der Waals surface area (Å²) >= 11 is 0. The molecule has 28 heavy (non-hydrogen) atoms. The minimum Gasteiger partial charge on any atom is -0.383 e. The van der Waals surface area contributed by atoms with E-state index in [1.807, 2.05) is 0 Å². The van der Waals surface area contributed by atoms with Gasteiger partial charge in [-0.05, 0) is 58.6 Å². The molecule has 5 heteroatoms. The van der Waals surface area contributed by atoms with Gasteiger partial charge in [-0.15, -0.1) is 0 Å². The topological polar surface area (TPSA) is 55.3 Å². The first-order valence-corrected chi connectivity index (χ1v) is 10.3. The van der Waals surface area contributed by atoms with Gasteiger partial charge in [-0.3, -0.25) is 4.79 Å². The number of hydrogen-bond donors (Lipinski definition) is 2. The highest BCUT2D eigenvalue weighted by Crippen LogP contribution is 2.28. The minimum atomic E-state index is 0.0362. The third kappa shape index (κ3) is 5.15. The van der Waals surface area contributed by atoms with E-state index in [0.29, 0.717) is 13.0 Å². The Kier molecular flexibility index (Phi) is 6.15. The Labute approximate surface area is 168 Å². The first-order chi connectivity index (χ1) is 13.2. The van der Waals surface area contributed by atoms with Gasteiger partial charge in [-0.1, -0.05) is 18.2 Å². The molecule has 2 aromatic rings. The van der Waals surface area contributed by atoms with Gasteiger partial charge in [0.1, 0.15) is 0 Å². The summed E-state index contributed by atoms with van der Waals surface area (Å²) in [6.07, 6.45) is 5.36. The Morgan fingerprint density at radius 3 is 2.57 bits per heavy atom. The standard InChI is InChI=1S/C23H35N3O2/c1-22(2)14-18(15-23(3,4)25-22)24-21(27)11-10-17-16-26(12-13-28-5)20-9-7-6-8-19(17)20/h6-9,16,18,25H,10-15H2,1-5H3,(H,24,27). The van der Waals surface area contributed by atoms with E-state index < -0.39 is 0 Å². The number of carbonyl (C=O) groups excluding carboxylic acids is 1. The van der Waals surface area contributed by atoms with Crippen molar-refractivity contribution in [2.45, 2.75) is 77.0 Å². The number of amides is 1. The zero-order valence-electron chi connectivity index (χ0n) is 18.0. The number of fused-ring (bicyclic) bond motifs is 1. The van der Waals surface area contributed by atoms with E-state index in [2.05, 4.69) is 73.4 Å². The summed E-state index contributed by atoms with van der Waals surface area (Å²) < 4.78 is 7.46. The number of nitrogens with one attached hydrogen (secondary N) is 2. The van der Waals surface area contributed by atoms with Crippen LogP contribution in [0.2, 0.25) is 0 Å². The summed E-state index contributed by atoms with van der Waals surface area (Å²) in [5.74, 6) is 0.146. The molecule has 1 aliphatic heterocycles. The zero-order chi connectivity index (χ0) is 20.4. The Morgan fingerprint density at radius 1 is 1.21 bits per heavy atom. The number of aromatic nitrogens is 1. The molecule has 5 nitrogen and oxygen atoms in total. The van der Waals surface area contributed by atoms with Crippen LogP contribution in [0.1, 0.15) is 52.5 Å². The number of ether oxygens (including phenoxy) is 1. The van der Waals surface area contributed by atoms with E-state index in [4.69, 9.17) is 4.74 Å². The molecule has 1 fully saturated rings. The van der Waals surface area contributed by atoms with E-state index in [1.54, 1.807) is 7.11 Å². The molecule has 1 amide bonds. The normalized spacial score (nSPS) is 19.0. The zero-order valence-corrected chi connectivity index (χ0v) is 18.0. The molecule has 0 saturated carbocycles. The van der Waals surface area contributed by atoms with Crippen LogP contribution < -0.4 is 10.6 Å². The number of benzene rings is 1. The smallest absolute Gasteiger partial charge is 0.220 e. The highest BCUT2D eigenvalue weighted by atomic mass is 16.5. The fourth-order valence-corrected chi connectivity index (χ4v) is 4.87. The second kappa shape index (κ2) is 8.26. The van der Waals surface area contributed by atoms with Gasteiger partial charge in [-0.2, -0.15) is 0 Å². The van der Waals surface area contributed by atoms with Crippen molar-refractivity contribution in [3.05, 3.63) is 36.0 Å². The third-order valence-corrected chi connectivity index (χ3v) is 5.58. The maximum absolute atomic E-state index is 12.7. The average Bonchev–Trinajstić information content (AvgIpc) is 2.93. The van der Waals surface area contributed by atoms with Crippen molar-refractivity contribution in [2.75, 3.05) is 13.7 Å². The van der Waals surface area contributed by atoms with Crippen LogP contribution in [0.3, 0.4) is 0 Å². The number of nitrogens with zero attached hydrogens (tertiary/aromatic N) is 1. The van der Waals surface area contributed by atoms with Gasteiger partial charge in [0, 0.05) is 54.3 Å². The van der Waals surface area contributed by atoms with Crippen LogP contribution in [0.4, 0.5) is 0 Å². The molecule has 0 bridgehead atoms. The Balaban J connectivity index is 1.63. The number of methoxy groups -OCH3 is 1. The summed E-state index contributed by atoms with van der Waals surface area (Å²) in [5, 5.41) is 8.18. The largest absolute Gasteiger partial charge is 0.383 e. The second-order valence-corrected chi connectivity index (χ2v) is 9.42. The lowest BCUT2D eigenvalue weighted by Gasteiger charge is -2.46. The van der Waals surface area contributed by atoms with E-state index in [9.17, 15) is 4.79 Å². The lowest BCUT2D eigenvalue weighted by Crippen LogP contribution is -2.62. The predicted molar refractivity (Wildman–Crippen MR) is 115 cm³/mol. The quantitative estimate of drug-likeness (QED) is 0.765. The molecule has 2 N–H and O–H groups in total. The molecule has 0 atom stereocenters. The van der Waals surface area contributed by atoms with Crippen LogP contribution in [-0.2, 0) is 22.5 Å². The first kappa shape index (κ1) is 20.9. The van der Waals surface area contributed by atoms with E-state index in [0.717, 1.165) is 25.8 Å². The lowest BCUT2D eigenvalue weighted by molar-refractivity contribution is -0.122. The van der Waals surface area contributed by atoms with Gasteiger partial charge < -0.3 is 19.9 Å². The molecule has 1 aliphatic rings. The molecule has 154 valence electrons. The number of piperidine rings is 1. The molecule has 3 rings (SSSR count). The highest BCUT2D eigenvalue weighted by Gasteiger charge is 2.38. The highest BCUT2D eigenvalue weighted by molar-refractivity contribution is 5.85. The van der Waals surface area contributed by atoms with Gasteiger partial charge in [0.05, 0.1) is 6.61 Å². The summed E-state index contributed by atoms with van der Waals surface area (Å²) in [6, 6.07) is 8.62. The fraction of sp³-hybridized carbons (Fsp3) is 0.609. The van der Waals surface area contributed by atoms with Crippen LogP contribution in [0.25, 0.3) is 10.9 Å². The van der Waals surface area contributed by atoms with Gasteiger partial charge in [-0.25, -0.2) is 0 Å². The summed E-state index contributed by atoms with van der Waals surface area (Å²) in [4.78, 5) is 12.7. The van der Waals surface area contributed by atoms with Crippen LogP contribution >= 0.6 is 0 Å². The van der Waals surface area contributed by atoms with Crippen LogP contribution in [0.5, 0.6) is 0 Å². The van der Waals surface area contributed by atoms with Crippen LogP contribution in [-0.4, -0.2) is 41.3 Å². The number of hydrogen-bond acceptors (Lipinski definition) is 3. The average molecular weight is 386 g/mol. The van der Waals surface area contributed by atoms with Crippen molar-refractivity contribution in [1.29, 1.82) is 0 Å². The first-order valence-electron chi connectivity index (χ1n) is 10.3. The number of aryl methyl sites for hydroxylation is 1. The van der Waals surface area contributed by atoms with Gasteiger partial charge in [0.15, 0.2) is 0 Å². The number of carbonyl (C=O) groups is 1. The monoisotopic (exact) mass is 385 g/mol. The molecule has 0 spiro atoms. The predicted octanol–water partition coefficient (Wildman–Crippen LogP) is 3.65. The Bertz CT molecular complexity index is 806. The maximum atomic E-state index is 12.7. The van der Waals surface area contributed by atoms with Crippen molar-refractivity contribution in [3.63, 3.8) is 0 Å². The minimum absolute atomic E-state index is 0.0362. The van der Waals surface area contributed by atoms with Crippen molar-refractivity contribution in [2.24, 2.45) is 0 Å². The van der Waals surface area contributed by atoms with Crippen LogP contribution in [0.15, 0.2) is 30.5 Å². The Morgan fingerprint density at radius 2 is 1.89 bits per heavy atom. The molecule has 1 saturated heterocycles. The lowest BCUT2D eigenvalue weighted by atomic mass is 9.79. The SMILES string of the molecule is COCCn1cc(CCC(=O)NC2CC(C)(C)NC(C)(C)C2)c2ccccc21. The fourth-order valence-electron chi connectivity index (χ4n) is 4.87. The number of rotatable bonds is 7. The van der Waals surface area contributed by atoms with Crippen molar-refractivity contribution >= 4 is 16.8 Å². The molecule has 1 aromatic carbocycles. The second-order valence-electron chi connectivity index (χ2n) is 9.42. The van der Waals surface area contributed by atoms with Crippen molar-refractivity contribution < 1.29 is 9.53 Å². The molecular weight excluding hydrogens is 350 g/mol. The van der Waals surface area contributed by atoms with Gasteiger partial charge in [0.25, 0.3) is 0 Å². The molecule has 0 radical (unpaired) electrons. The van der Waals surface area contributed by atoms with Gasteiger partial charge in [0.2, 0.25) is 5.91 Å². The van der Waals surface area contributed by atoms with E-state index in [-0.39, 0.29) is 23.0 Å². The van der Waals surface area contributed by atoms with Gasteiger partial charge >= 0.3 is 0 Å². The molecule has 2 heterocycles. The van der Waals surface area contributed by atoms with E-state index in [1.165, 1.54) is 16.5 Å². The van der Waals surface area contributed by atoms with Crippen LogP contribution in [0, 0.1) is 0 Å². The van der Waals surface area contributed by atoms with E-state index >= 15 is 0 Å². The summed E-state index contributed by atoms with van der Waals surface area (Å²) in [5.41, 5.74) is 2.51. The number of para-hydroxylation sites is 1. The molecule has 0 aliphatic carbocycles. The summed E-state index contributed by atoms with van der Waals surface area (Å²) in [6.45, 7) is 10.3. The Hall–Kier alpha value is -1.85. The maximum Gasteiger partial charge on any atom is 0.220 e. The molecular formula is C23H35N3O2. The molecule has 1 aromatic heterocycles. The van der Waals surface area contributed by atoms with Crippen molar-refractivity contribution in [3.8, 4) is 0 Å². The third-order valence-electron chi connectivity index (χ3n) is 5.58. The molecule has 0 unspecified atom stereocenters. The van der Waals surface area contributed by atoms with Crippen molar-refractivity contribution in [1.82, 2.24) is 15.2 Å².